The second-order valence-electron chi connectivity index (χ2n) is 4.61. The van der Waals surface area contributed by atoms with Crippen LogP contribution in [-0.4, -0.2) is 17.5 Å². The van der Waals surface area contributed by atoms with Gasteiger partial charge in [0.05, 0.1) is 0 Å². The van der Waals surface area contributed by atoms with Crippen molar-refractivity contribution in [3.05, 3.63) is 35.4 Å². The maximum atomic E-state index is 3.61. The molecule has 1 aliphatic carbocycles. The molecule has 1 aromatic rings. The normalized spacial score (nSPS) is 17.4. The predicted molar refractivity (Wildman–Crippen MR) is 73.0 cm³/mol. The van der Waals surface area contributed by atoms with E-state index in [2.05, 4.69) is 42.8 Å². The molecule has 0 bridgehead atoms. The van der Waals surface area contributed by atoms with E-state index >= 15 is 0 Å². The number of hydrogen-bond acceptors (Lipinski definition) is 2. The van der Waals surface area contributed by atoms with Gasteiger partial charge in [0.1, 0.15) is 0 Å². The fourth-order valence-corrected chi connectivity index (χ4v) is 2.85. The second kappa shape index (κ2) is 5.24. The SMILES string of the molecule is CCc1ccccc1CNCC1(SC)CC1. The summed E-state index contributed by atoms with van der Waals surface area (Å²) in [6.45, 7) is 4.40. The maximum Gasteiger partial charge on any atom is 0.0282 e. The fourth-order valence-electron chi connectivity index (χ4n) is 2.09. The minimum atomic E-state index is 0.571. The van der Waals surface area contributed by atoms with Crippen molar-refractivity contribution in [1.29, 1.82) is 0 Å². The van der Waals surface area contributed by atoms with Gasteiger partial charge >= 0.3 is 0 Å². The summed E-state index contributed by atoms with van der Waals surface area (Å²) in [5, 5.41) is 3.61. The molecule has 16 heavy (non-hydrogen) atoms. The highest BCUT2D eigenvalue weighted by molar-refractivity contribution is 8.00. The van der Waals surface area contributed by atoms with Crippen molar-refractivity contribution < 1.29 is 0 Å². The van der Waals surface area contributed by atoms with Gasteiger partial charge in [-0.25, -0.2) is 0 Å². The van der Waals surface area contributed by atoms with Gasteiger partial charge in [-0.05, 0) is 36.6 Å². The Bertz CT molecular complexity index is 344. The maximum absolute atomic E-state index is 3.61. The number of aryl methyl sites for hydroxylation is 1. The second-order valence-corrected chi connectivity index (χ2v) is 5.89. The van der Waals surface area contributed by atoms with Crippen LogP contribution in [0.2, 0.25) is 0 Å². The van der Waals surface area contributed by atoms with Crippen LogP contribution in [-0.2, 0) is 13.0 Å². The van der Waals surface area contributed by atoms with Crippen molar-refractivity contribution in [1.82, 2.24) is 5.32 Å². The summed E-state index contributed by atoms with van der Waals surface area (Å²) in [5.74, 6) is 0. The zero-order chi connectivity index (χ0) is 11.4. The quantitative estimate of drug-likeness (QED) is 0.812. The molecule has 1 aromatic carbocycles. The van der Waals surface area contributed by atoms with Crippen molar-refractivity contribution >= 4 is 11.8 Å². The first-order valence-corrected chi connectivity index (χ1v) is 7.35. The lowest BCUT2D eigenvalue weighted by Gasteiger charge is -2.14. The highest BCUT2D eigenvalue weighted by atomic mass is 32.2. The van der Waals surface area contributed by atoms with Gasteiger partial charge in [-0.1, -0.05) is 31.2 Å². The molecule has 0 aromatic heterocycles. The van der Waals surface area contributed by atoms with Crippen molar-refractivity contribution in [3.8, 4) is 0 Å². The molecule has 1 aliphatic rings. The molecule has 2 rings (SSSR count). The summed E-state index contributed by atoms with van der Waals surface area (Å²) < 4.78 is 0.571. The minimum absolute atomic E-state index is 0.571. The lowest BCUT2D eigenvalue weighted by Crippen LogP contribution is -2.25. The van der Waals surface area contributed by atoms with Crippen molar-refractivity contribution in [2.75, 3.05) is 12.8 Å². The largest absolute Gasteiger partial charge is 0.311 e. The third kappa shape index (κ3) is 2.80. The molecule has 0 aliphatic heterocycles. The van der Waals surface area contributed by atoms with Gasteiger partial charge in [-0.3, -0.25) is 0 Å². The molecule has 1 fully saturated rings. The van der Waals surface area contributed by atoms with Crippen LogP contribution in [0.15, 0.2) is 24.3 Å². The summed E-state index contributed by atoms with van der Waals surface area (Å²) in [4.78, 5) is 0. The molecule has 0 heterocycles. The number of hydrogen-bond donors (Lipinski definition) is 1. The van der Waals surface area contributed by atoms with E-state index in [1.165, 1.54) is 24.0 Å². The fraction of sp³-hybridized carbons (Fsp3) is 0.571. The average molecular weight is 235 g/mol. The van der Waals surface area contributed by atoms with Crippen LogP contribution in [0.1, 0.15) is 30.9 Å². The molecule has 0 unspecified atom stereocenters. The molecule has 2 heteroatoms. The van der Waals surface area contributed by atoms with Gasteiger partial charge in [0.15, 0.2) is 0 Å². The first kappa shape index (κ1) is 12.0. The smallest absolute Gasteiger partial charge is 0.0282 e. The Balaban J connectivity index is 1.85. The summed E-state index contributed by atoms with van der Waals surface area (Å²) in [7, 11) is 0. The first-order chi connectivity index (χ1) is 7.79. The van der Waals surface area contributed by atoms with Crippen LogP contribution in [0.3, 0.4) is 0 Å². The van der Waals surface area contributed by atoms with Crippen molar-refractivity contribution in [2.24, 2.45) is 0 Å². The molecule has 1 saturated carbocycles. The molecular weight excluding hydrogens is 214 g/mol. The van der Waals surface area contributed by atoms with Gasteiger partial charge in [-0.15, -0.1) is 0 Å². The zero-order valence-corrected chi connectivity index (χ0v) is 11.1. The average Bonchev–Trinajstić information content (AvgIpc) is 3.10. The van der Waals surface area contributed by atoms with Crippen LogP contribution in [0, 0.1) is 0 Å². The lowest BCUT2D eigenvalue weighted by atomic mass is 10.1. The topological polar surface area (TPSA) is 12.0 Å². The number of benzene rings is 1. The molecule has 0 radical (unpaired) electrons. The van der Waals surface area contributed by atoms with Crippen LogP contribution in [0.5, 0.6) is 0 Å². The van der Waals surface area contributed by atoms with E-state index in [1.54, 1.807) is 0 Å². The van der Waals surface area contributed by atoms with E-state index in [-0.39, 0.29) is 0 Å². The number of nitrogens with one attached hydrogen (secondary N) is 1. The Labute approximate surface area is 103 Å². The standard InChI is InChI=1S/C14H21NS/c1-3-12-6-4-5-7-13(12)10-15-11-14(16-2)8-9-14/h4-7,15H,3,8-11H2,1-2H3. The Morgan fingerprint density at radius 2 is 1.94 bits per heavy atom. The Morgan fingerprint density at radius 1 is 1.25 bits per heavy atom. The summed E-state index contributed by atoms with van der Waals surface area (Å²) >= 11 is 2.02. The molecule has 0 saturated heterocycles. The molecular formula is C14H21NS. The Hall–Kier alpha value is -0.470. The summed E-state index contributed by atoms with van der Waals surface area (Å²) in [5.41, 5.74) is 2.94. The third-order valence-electron chi connectivity index (χ3n) is 3.50. The van der Waals surface area contributed by atoms with Crippen LogP contribution >= 0.6 is 11.8 Å². The third-order valence-corrected chi connectivity index (χ3v) is 4.92. The highest BCUT2D eigenvalue weighted by Crippen LogP contribution is 2.46. The van der Waals surface area contributed by atoms with Crippen molar-refractivity contribution in [2.45, 2.75) is 37.5 Å². The number of thioether (sulfide) groups is 1. The van der Waals surface area contributed by atoms with Crippen LogP contribution < -0.4 is 5.32 Å². The molecule has 1 nitrogen and oxygen atoms in total. The van der Waals surface area contributed by atoms with E-state index in [0.29, 0.717) is 4.75 Å². The lowest BCUT2D eigenvalue weighted by molar-refractivity contribution is 0.659. The van der Waals surface area contributed by atoms with Gasteiger partial charge in [0.25, 0.3) is 0 Å². The van der Waals surface area contributed by atoms with Gasteiger partial charge in [0.2, 0.25) is 0 Å². The van der Waals surface area contributed by atoms with E-state index in [4.69, 9.17) is 0 Å². The first-order valence-electron chi connectivity index (χ1n) is 6.12. The van der Waals surface area contributed by atoms with Crippen LogP contribution in [0.4, 0.5) is 0 Å². The van der Waals surface area contributed by atoms with Gasteiger partial charge in [-0.2, -0.15) is 11.8 Å². The molecule has 0 spiro atoms. The van der Waals surface area contributed by atoms with Gasteiger partial charge < -0.3 is 5.32 Å². The van der Waals surface area contributed by atoms with Gasteiger partial charge in [0, 0.05) is 17.8 Å². The van der Waals surface area contributed by atoms with E-state index in [1.807, 2.05) is 11.8 Å². The number of rotatable bonds is 6. The monoisotopic (exact) mass is 235 g/mol. The molecule has 1 N–H and O–H groups in total. The summed E-state index contributed by atoms with van der Waals surface area (Å²) in [6.07, 6.45) is 6.13. The predicted octanol–water partition coefficient (Wildman–Crippen LogP) is 3.23. The van der Waals surface area contributed by atoms with Crippen LogP contribution in [0.25, 0.3) is 0 Å². The minimum Gasteiger partial charge on any atom is -0.311 e. The zero-order valence-electron chi connectivity index (χ0n) is 10.3. The van der Waals surface area contributed by atoms with E-state index < -0.39 is 0 Å². The highest BCUT2D eigenvalue weighted by Gasteiger charge is 2.41. The van der Waals surface area contributed by atoms with E-state index in [9.17, 15) is 0 Å². The van der Waals surface area contributed by atoms with Crippen molar-refractivity contribution in [3.63, 3.8) is 0 Å². The summed E-state index contributed by atoms with van der Waals surface area (Å²) in [6, 6.07) is 8.74. The molecule has 0 amide bonds. The molecule has 88 valence electrons. The Morgan fingerprint density at radius 3 is 2.50 bits per heavy atom. The Kier molecular flexibility index (Phi) is 3.93. The van der Waals surface area contributed by atoms with E-state index in [0.717, 1.165) is 19.5 Å². The molecule has 0 atom stereocenters.